The van der Waals surface area contributed by atoms with Crippen LogP contribution in [0.2, 0.25) is 0 Å². The van der Waals surface area contributed by atoms with Gasteiger partial charge in [0.1, 0.15) is 0 Å². The maximum Gasteiger partial charge on any atom is 0.0721 e. The van der Waals surface area contributed by atoms with E-state index in [2.05, 4.69) is 61.2 Å². The summed E-state index contributed by atoms with van der Waals surface area (Å²) < 4.78 is 5.43. The maximum atomic E-state index is 5.43. The summed E-state index contributed by atoms with van der Waals surface area (Å²) in [6.07, 6.45) is 5.91. The molecule has 102 valence electrons. The summed E-state index contributed by atoms with van der Waals surface area (Å²) in [5.41, 5.74) is 4.87. The minimum Gasteiger partial charge on any atom is -0.373 e. The molecule has 0 N–H and O–H groups in total. The zero-order chi connectivity index (χ0) is 14.2. The summed E-state index contributed by atoms with van der Waals surface area (Å²) in [6.45, 7) is 6.89. The highest BCUT2D eigenvalue weighted by molar-refractivity contribution is 5.65. The van der Waals surface area contributed by atoms with E-state index in [1.54, 1.807) is 6.08 Å². The molecule has 0 aliphatic rings. The first-order valence-electron chi connectivity index (χ1n) is 6.84. The molecule has 0 unspecified atom stereocenters. The average molecular weight is 264 g/mol. The lowest BCUT2D eigenvalue weighted by atomic mass is 10.0. The number of allylic oxidation sites excluding steroid dienone is 1. The zero-order valence-corrected chi connectivity index (χ0v) is 11.9. The number of ether oxygens (including phenoxy) is 1. The molecule has 0 saturated heterocycles. The van der Waals surface area contributed by atoms with Gasteiger partial charge in [-0.3, -0.25) is 0 Å². The first kappa shape index (κ1) is 14.3. The smallest absolute Gasteiger partial charge is 0.0721 e. The van der Waals surface area contributed by atoms with Crippen LogP contribution >= 0.6 is 0 Å². The van der Waals surface area contributed by atoms with Crippen LogP contribution in [-0.4, -0.2) is 6.61 Å². The van der Waals surface area contributed by atoms with Crippen LogP contribution in [0.4, 0.5) is 0 Å². The monoisotopic (exact) mass is 264 g/mol. The Labute approximate surface area is 121 Å². The van der Waals surface area contributed by atoms with E-state index in [1.165, 1.54) is 22.3 Å². The number of hydrogen-bond donors (Lipinski definition) is 0. The molecule has 0 atom stereocenters. The molecule has 1 nitrogen and oxygen atoms in total. The molecule has 0 amide bonds. The fraction of sp³-hybridized carbons (Fsp3) is 0.158. The van der Waals surface area contributed by atoms with Crippen LogP contribution in [0.25, 0.3) is 17.2 Å². The maximum absolute atomic E-state index is 5.43. The van der Waals surface area contributed by atoms with Gasteiger partial charge < -0.3 is 4.74 Å². The van der Waals surface area contributed by atoms with Crippen LogP contribution in [0.3, 0.4) is 0 Å². The van der Waals surface area contributed by atoms with Gasteiger partial charge in [0, 0.05) is 0 Å². The van der Waals surface area contributed by atoms with Crippen molar-refractivity contribution < 1.29 is 4.74 Å². The van der Waals surface area contributed by atoms with Crippen LogP contribution < -0.4 is 0 Å². The van der Waals surface area contributed by atoms with E-state index in [9.17, 15) is 0 Å². The van der Waals surface area contributed by atoms with Gasteiger partial charge in [0.2, 0.25) is 0 Å². The summed E-state index contributed by atoms with van der Waals surface area (Å²) in [5.74, 6) is 0. The van der Waals surface area contributed by atoms with E-state index >= 15 is 0 Å². The highest BCUT2D eigenvalue weighted by atomic mass is 16.5. The second-order valence-corrected chi connectivity index (χ2v) is 4.62. The molecule has 0 aliphatic carbocycles. The SMILES string of the molecule is C=CCOCc1ccc(-c2ccc(/C=C\C)cc2)cc1. The third kappa shape index (κ3) is 3.94. The summed E-state index contributed by atoms with van der Waals surface area (Å²) >= 11 is 0. The molecule has 2 aromatic rings. The van der Waals surface area contributed by atoms with E-state index in [4.69, 9.17) is 4.74 Å². The largest absolute Gasteiger partial charge is 0.373 e. The molecule has 20 heavy (non-hydrogen) atoms. The van der Waals surface area contributed by atoms with E-state index in [0.717, 1.165) is 0 Å². The molecule has 0 bridgehead atoms. The molecule has 0 saturated carbocycles. The summed E-state index contributed by atoms with van der Waals surface area (Å²) in [6, 6.07) is 17.1. The van der Waals surface area contributed by atoms with Gasteiger partial charge in [-0.1, -0.05) is 66.8 Å². The lowest BCUT2D eigenvalue weighted by Gasteiger charge is -2.05. The van der Waals surface area contributed by atoms with Crippen molar-refractivity contribution in [2.45, 2.75) is 13.5 Å². The van der Waals surface area contributed by atoms with Crippen molar-refractivity contribution >= 4 is 6.08 Å². The molecule has 2 aromatic carbocycles. The molecule has 0 aromatic heterocycles. The van der Waals surface area contributed by atoms with Gasteiger partial charge in [-0.25, -0.2) is 0 Å². The molecule has 0 fully saturated rings. The van der Waals surface area contributed by atoms with Crippen LogP contribution in [0.5, 0.6) is 0 Å². The van der Waals surface area contributed by atoms with Crippen molar-refractivity contribution in [3.8, 4) is 11.1 Å². The predicted octanol–water partition coefficient (Wildman–Crippen LogP) is 5.09. The van der Waals surface area contributed by atoms with Crippen molar-refractivity contribution in [2.24, 2.45) is 0 Å². The molecule has 1 heteroatoms. The number of benzene rings is 2. The second kappa shape index (κ2) is 7.46. The van der Waals surface area contributed by atoms with Crippen LogP contribution in [0.15, 0.2) is 67.3 Å². The first-order chi connectivity index (χ1) is 9.83. The Balaban J connectivity index is 2.07. The third-order valence-corrected chi connectivity index (χ3v) is 3.06. The quantitative estimate of drug-likeness (QED) is 0.521. The zero-order valence-electron chi connectivity index (χ0n) is 11.9. The number of rotatable bonds is 6. The first-order valence-corrected chi connectivity index (χ1v) is 6.84. The van der Waals surface area contributed by atoms with E-state index in [0.29, 0.717) is 13.2 Å². The Hall–Kier alpha value is -2.12. The lowest BCUT2D eigenvalue weighted by Crippen LogP contribution is -1.92. The van der Waals surface area contributed by atoms with Crippen molar-refractivity contribution in [2.75, 3.05) is 6.61 Å². The number of hydrogen-bond acceptors (Lipinski definition) is 1. The van der Waals surface area contributed by atoms with E-state index in [1.807, 2.05) is 13.0 Å². The third-order valence-electron chi connectivity index (χ3n) is 3.06. The second-order valence-electron chi connectivity index (χ2n) is 4.62. The van der Waals surface area contributed by atoms with Gasteiger partial charge in [-0.15, -0.1) is 6.58 Å². The van der Waals surface area contributed by atoms with Gasteiger partial charge in [-0.05, 0) is 29.2 Å². The summed E-state index contributed by atoms with van der Waals surface area (Å²) in [5, 5.41) is 0. The Morgan fingerprint density at radius 1 is 0.950 bits per heavy atom. The standard InChI is InChI=1S/C19H20O/c1-3-5-16-6-10-18(11-7-16)19-12-8-17(9-13-19)15-20-14-4-2/h3-13H,2,14-15H2,1H3/b5-3-. The van der Waals surface area contributed by atoms with E-state index in [-0.39, 0.29) is 0 Å². The van der Waals surface area contributed by atoms with Crippen LogP contribution in [-0.2, 0) is 11.3 Å². The molecule has 2 rings (SSSR count). The highest BCUT2D eigenvalue weighted by Gasteiger charge is 1.98. The fourth-order valence-corrected chi connectivity index (χ4v) is 2.03. The molecule has 0 radical (unpaired) electrons. The minimum atomic E-state index is 0.591. The normalized spacial score (nSPS) is 10.8. The van der Waals surface area contributed by atoms with Gasteiger partial charge >= 0.3 is 0 Å². The molecule has 0 spiro atoms. The summed E-state index contributed by atoms with van der Waals surface area (Å²) in [7, 11) is 0. The average Bonchev–Trinajstić information content (AvgIpc) is 2.49. The minimum absolute atomic E-state index is 0.591. The molecule has 0 aliphatic heterocycles. The van der Waals surface area contributed by atoms with Crippen molar-refractivity contribution in [1.82, 2.24) is 0 Å². The van der Waals surface area contributed by atoms with E-state index < -0.39 is 0 Å². The Kier molecular flexibility index (Phi) is 5.33. The van der Waals surface area contributed by atoms with Crippen molar-refractivity contribution in [3.63, 3.8) is 0 Å². The Bertz CT molecular complexity index is 562. The molecule has 0 heterocycles. The van der Waals surface area contributed by atoms with Gasteiger partial charge in [-0.2, -0.15) is 0 Å². The van der Waals surface area contributed by atoms with Crippen molar-refractivity contribution in [1.29, 1.82) is 0 Å². The fourth-order valence-electron chi connectivity index (χ4n) is 2.03. The molecular formula is C19H20O. The lowest BCUT2D eigenvalue weighted by molar-refractivity contribution is 0.149. The van der Waals surface area contributed by atoms with Gasteiger partial charge in [0.25, 0.3) is 0 Å². The Morgan fingerprint density at radius 2 is 1.55 bits per heavy atom. The topological polar surface area (TPSA) is 9.23 Å². The van der Waals surface area contributed by atoms with Crippen LogP contribution in [0, 0.1) is 0 Å². The Morgan fingerprint density at radius 3 is 2.10 bits per heavy atom. The highest BCUT2D eigenvalue weighted by Crippen LogP contribution is 2.21. The van der Waals surface area contributed by atoms with Gasteiger partial charge in [0.05, 0.1) is 13.2 Å². The predicted molar refractivity (Wildman–Crippen MR) is 86.4 cm³/mol. The van der Waals surface area contributed by atoms with Crippen LogP contribution in [0.1, 0.15) is 18.1 Å². The molecular weight excluding hydrogens is 244 g/mol. The summed E-state index contributed by atoms with van der Waals surface area (Å²) in [4.78, 5) is 0. The van der Waals surface area contributed by atoms with Crippen molar-refractivity contribution in [3.05, 3.63) is 78.4 Å². The van der Waals surface area contributed by atoms with Gasteiger partial charge in [0.15, 0.2) is 0 Å².